The SMILES string of the molecule is CCc1ccccc1N(CC(=O)N1CCN(Cc2ccccc2)CC1)S(=O)(=O)c1ccc(C)cc1. The quantitative estimate of drug-likeness (QED) is 0.476. The van der Waals surface area contributed by atoms with Crippen LogP contribution in [0.1, 0.15) is 23.6 Å². The van der Waals surface area contributed by atoms with Crippen LogP contribution in [0.2, 0.25) is 0 Å². The molecular formula is C28H33N3O3S. The highest BCUT2D eigenvalue weighted by Crippen LogP contribution is 2.28. The predicted octanol–water partition coefficient (Wildman–Crippen LogP) is 4.10. The van der Waals surface area contributed by atoms with Gasteiger partial charge in [-0.05, 0) is 42.7 Å². The Balaban J connectivity index is 1.52. The zero-order valence-corrected chi connectivity index (χ0v) is 21.2. The molecule has 1 fully saturated rings. The minimum Gasteiger partial charge on any atom is -0.339 e. The van der Waals surface area contributed by atoms with Gasteiger partial charge in [0.25, 0.3) is 10.0 Å². The number of hydrogen-bond acceptors (Lipinski definition) is 4. The van der Waals surface area contributed by atoms with E-state index in [9.17, 15) is 13.2 Å². The topological polar surface area (TPSA) is 60.9 Å². The van der Waals surface area contributed by atoms with Gasteiger partial charge in [0.1, 0.15) is 6.54 Å². The third-order valence-corrected chi connectivity index (χ3v) is 8.28. The molecule has 3 aromatic carbocycles. The summed E-state index contributed by atoms with van der Waals surface area (Å²) in [5.74, 6) is -0.175. The fraction of sp³-hybridized carbons (Fsp3) is 0.321. The van der Waals surface area contributed by atoms with Crippen molar-refractivity contribution in [3.05, 3.63) is 95.6 Å². The van der Waals surface area contributed by atoms with E-state index >= 15 is 0 Å². The Morgan fingerprint density at radius 1 is 0.857 bits per heavy atom. The zero-order chi connectivity index (χ0) is 24.8. The molecule has 0 atom stereocenters. The highest BCUT2D eigenvalue weighted by Gasteiger charge is 2.31. The summed E-state index contributed by atoms with van der Waals surface area (Å²) in [6.07, 6.45) is 0.669. The third kappa shape index (κ3) is 5.92. The molecule has 0 N–H and O–H groups in total. The molecule has 1 heterocycles. The number of benzene rings is 3. The molecule has 1 saturated heterocycles. The maximum absolute atomic E-state index is 13.7. The zero-order valence-electron chi connectivity index (χ0n) is 20.4. The summed E-state index contributed by atoms with van der Waals surface area (Å²) in [6, 6.07) is 24.5. The van der Waals surface area contributed by atoms with Crippen LogP contribution in [0.25, 0.3) is 0 Å². The van der Waals surface area contributed by atoms with Gasteiger partial charge in [0, 0.05) is 32.7 Å². The Hall–Kier alpha value is -3.16. The van der Waals surface area contributed by atoms with Crippen molar-refractivity contribution in [3.63, 3.8) is 0 Å². The van der Waals surface area contributed by atoms with E-state index in [0.717, 1.165) is 30.8 Å². The van der Waals surface area contributed by atoms with Crippen LogP contribution in [0.5, 0.6) is 0 Å². The molecule has 184 valence electrons. The molecule has 0 spiro atoms. The summed E-state index contributed by atoms with van der Waals surface area (Å²) in [6.45, 7) is 7.23. The second-order valence-corrected chi connectivity index (χ2v) is 10.8. The van der Waals surface area contributed by atoms with Crippen LogP contribution < -0.4 is 4.31 Å². The monoisotopic (exact) mass is 491 g/mol. The number of sulfonamides is 1. The van der Waals surface area contributed by atoms with E-state index in [-0.39, 0.29) is 17.3 Å². The normalized spacial score (nSPS) is 14.6. The van der Waals surface area contributed by atoms with Crippen LogP contribution in [0.4, 0.5) is 5.69 Å². The molecule has 3 aromatic rings. The highest BCUT2D eigenvalue weighted by molar-refractivity contribution is 7.92. The fourth-order valence-electron chi connectivity index (χ4n) is 4.41. The van der Waals surface area contributed by atoms with Gasteiger partial charge >= 0.3 is 0 Å². The van der Waals surface area contributed by atoms with Crippen LogP contribution in [-0.2, 0) is 27.8 Å². The summed E-state index contributed by atoms with van der Waals surface area (Å²) in [4.78, 5) is 17.7. The van der Waals surface area contributed by atoms with Crippen LogP contribution in [-0.4, -0.2) is 56.8 Å². The van der Waals surface area contributed by atoms with Gasteiger partial charge in [-0.2, -0.15) is 0 Å². The molecule has 1 aliphatic rings. The lowest BCUT2D eigenvalue weighted by molar-refractivity contribution is -0.131. The van der Waals surface area contributed by atoms with Gasteiger partial charge in [-0.3, -0.25) is 14.0 Å². The van der Waals surface area contributed by atoms with Gasteiger partial charge < -0.3 is 4.90 Å². The summed E-state index contributed by atoms with van der Waals surface area (Å²) in [5, 5.41) is 0. The van der Waals surface area contributed by atoms with Gasteiger partial charge in [0.15, 0.2) is 0 Å². The number of anilines is 1. The minimum absolute atomic E-state index is 0.175. The van der Waals surface area contributed by atoms with E-state index in [2.05, 4.69) is 17.0 Å². The van der Waals surface area contributed by atoms with E-state index in [4.69, 9.17) is 0 Å². The number of para-hydroxylation sites is 1. The van der Waals surface area contributed by atoms with Gasteiger partial charge in [-0.1, -0.05) is 73.2 Å². The molecular weight excluding hydrogens is 458 g/mol. The number of hydrogen-bond donors (Lipinski definition) is 0. The van der Waals surface area contributed by atoms with E-state index in [1.807, 2.05) is 50.2 Å². The molecule has 4 rings (SSSR count). The fourth-order valence-corrected chi connectivity index (χ4v) is 5.86. The maximum Gasteiger partial charge on any atom is 0.264 e. The van der Waals surface area contributed by atoms with Crippen LogP contribution in [0.3, 0.4) is 0 Å². The molecule has 0 radical (unpaired) electrons. The van der Waals surface area contributed by atoms with Gasteiger partial charge in [-0.15, -0.1) is 0 Å². The first-order valence-corrected chi connectivity index (χ1v) is 13.5. The Kier molecular flexibility index (Phi) is 7.88. The molecule has 1 amide bonds. The lowest BCUT2D eigenvalue weighted by Gasteiger charge is -2.36. The standard InChI is InChI=1S/C28H33N3O3S/c1-3-25-11-7-8-12-27(25)31(35(33,34)26-15-13-23(2)14-16-26)22-28(32)30-19-17-29(18-20-30)21-24-9-5-4-6-10-24/h4-16H,3,17-22H2,1-2H3. The summed E-state index contributed by atoms with van der Waals surface area (Å²) >= 11 is 0. The highest BCUT2D eigenvalue weighted by atomic mass is 32.2. The van der Waals surface area contributed by atoms with Crippen molar-refractivity contribution in [1.29, 1.82) is 0 Å². The number of rotatable bonds is 8. The molecule has 1 aliphatic heterocycles. The molecule has 0 aromatic heterocycles. The second kappa shape index (κ2) is 11.1. The van der Waals surface area contributed by atoms with Crippen molar-refractivity contribution in [2.75, 3.05) is 37.0 Å². The number of piperazine rings is 1. The minimum atomic E-state index is -3.91. The first-order chi connectivity index (χ1) is 16.9. The molecule has 35 heavy (non-hydrogen) atoms. The van der Waals surface area contributed by atoms with Gasteiger partial charge in [0.05, 0.1) is 10.6 Å². The van der Waals surface area contributed by atoms with Crippen molar-refractivity contribution in [2.45, 2.75) is 31.7 Å². The third-order valence-electron chi connectivity index (χ3n) is 6.50. The van der Waals surface area contributed by atoms with Gasteiger partial charge in [0.2, 0.25) is 5.91 Å². The van der Waals surface area contributed by atoms with Crippen LogP contribution in [0, 0.1) is 6.92 Å². The first kappa shape index (κ1) is 24.9. The number of amides is 1. The van der Waals surface area contributed by atoms with Crippen molar-refractivity contribution < 1.29 is 13.2 Å². The lowest BCUT2D eigenvalue weighted by Crippen LogP contribution is -2.51. The van der Waals surface area contributed by atoms with Crippen molar-refractivity contribution in [3.8, 4) is 0 Å². The van der Waals surface area contributed by atoms with Crippen molar-refractivity contribution in [2.24, 2.45) is 0 Å². The van der Waals surface area contributed by atoms with E-state index < -0.39 is 10.0 Å². The first-order valence-electron chi connectivity index (χ1n) is 12.1. The lowest BCUT2D eigenvalue weighted by atomic mass is 10.1. The smallest absolute Gasteiger partial charge is 0.264 e. The summed E-state index contributed by atoms with van der Waals surface area (Å²) in [7, 11) is -3.91. The summed E-state index contributed by atoms with van der Waals surface area (Å²) in [5.41, 5.74) is 3.68. The average Bonchev–Trinajstić information content (AvgIpc) is 2.88. The molecule has 0 saturated carbocycles. The van der Waals surface area contributed by atoms with E-state index in [1.165, 1.54) is 9.87 Å². The van der Waals surface area contributed by atoms with E-state index in [1.54, 1.807) is 35.2 Å². The van der Waals surface area contributed by atoms with E-state index in [0.29, 0.717) is 25.2 Å². The summed E-state index contributed by atoms with van der Waals surface area (Å²) < 4.78 is 28.8. The van der Waals surface area contributed by atoms with Crippen molar-refractivity contribution in [1.82, 2.24) is 9.80 Å². The predicted molar refractivity (Wildman–Crippen MR) is 140 cm³/mol. The van der Waals surface area contributed by atoms with Crippen LogP contribution >= 0.6 is 0 Å². The average molecular weight is 492 g/mol. The largest absolute Gasteiger partial charge is 0.339 e. The van der Waals surface area contributed by atoms with Gasteiger partial charge in [-0.25, -0.2) is 8.42 Å². The number of carbonyl (C=O) groups is 1. The molecule has 0 bridgehead atoms. The Morgan fingerprint density at radius 2 is 1.49 bits per heavy atom. The molecule has 7 heteroatoms. The maximum atomic E-state index is 13.7. The Morgan fingerprint density at radius 3 is 2.14 bits per heavy atom. The van der Waals surface area contributed by atoms with Crippen LogP contribution in [0.15, 0.2) is 83.8 Å². The Labute approximate surface area is 208 Å². The number of carbonyl (C=O) groups excluding carboxylic acids is 1. The Bertz CT molecular complexity index is 1240. The molecule has 0 unspecified atom stereocenters. The second-order valence-electron chi connectivity index (χ2n) is 8.95. The number of aryl methyl sites for hydroxylation is 2. The molecule has 6 nitrogen and oxygen atoms in total. The molecule has 0 aliphatic carbocycles. The number of nitrogens with zero attached hydrogens (tertiary/aromatic N) is 3. The van der Waals surface area contributed by atoms with Crippen molar-refractivity contribution >= 4 is 21.6 Å².